The molecule has 0 aromatic heterocycles. The van der Waals surface area contributed by atoms with Gasteiger partial charge in [-0.3, -0.25) is 4.79 Å². The molecule has 0 unspecified atom stereocenters. The third-order valence-corrected chi connectivity index (χ3v) is 2.97. The zero-order chi connectivity index (χ0) is 16.4. The molecule has 0 saturated carbocycles. The van der Waals surface area contributed by atoms with Crippen molar-refractivity contribution >= 4 is 17.6 Å². The summed E-state index contributed by atoms with van der Waals surface area (Å²) in [4.78, 5) is 25.5. The molecule has 0 atom stereocenters. The van der Waals surface area contributed by atoms with Gasteiger partial charge in [-0.25, -0.2) is 4.79 Å². The Hall–Kier alpha value is -2.08. The summed E-state index contributed by atoms with van der Waals surface area (Å²) in [5.41, 5.74) is 1.17. The van der Waals surface area contributed by atoms with E-state index in [4.69, 9.17) is 4.74 Å². The first-order valence-electron chi connectivity index (χ1n) is 7.46. The second-order valence-corrected chi connectivity index (χ2v) is 5.10. The van der Waals surface area contributed by atoms with Gasteiger partial charge < -0.3 is 20.3 Å². The fourth-order valence-corrected chi connectivity index (χ4v) is 1.84. The number of hydrogen-bond donors (Lipinski definition) is 2. The summed E-state index contributed by atoms with van der Waals surface area (Å²) in [5.74, 6) is -0.371. The topological polar surface area (TPSA) is 70.7 Å². The van der Waals surface area contributed by atoms with Crippen LogP contribution in [0.25, 0.3) is 0 Å². The van der Waals surface area contributed by atoms with Crippen molar-refractivity contribution in [2.24, 2.45) is 0 Å². The Bertz CT molecular complexity index is 489. The summed E-state index contributed by atoms with van der Waals surface area (Å²) < 4.78 is 5.01. The number of rotatable bonds is 9. The molecular formula is C16H25N3O3. The molecule has 0 bridgehead atoms. The molecule has 0 aliphatic heterocycles. The van der Waals surface area contributed by atoms with Gasteiger partial charge >= 0.3 is 5.97 Å². The Kier molecular flexibility index (Phi) is 7.99. The number of carbonyl (C=O) groups excluding carboxylic acids is 2. The summed E-state index contributed by atoms with van der Waals surface area (Å²) in [6.45, 7) is 4.01. The van der Waals surface area contributed by atoms with Gasteiger partial charge in [0.2, 0.25) is 5.91 Å². The van der Waals surface area contributed by atoms with E-state index in [1.165, 1.54) is 0 Å². The molecule has 1 rings (SSSR count). The molecule has 6 nitrogen and oxygen atoms in total. The monoisotopic (exact) mass is 307 g/mol. The molecule has 1 amide bonds. The smallest absolute Gasteiger partial charge is 0.340 e. The van der Waals surface area contributed by atoms with Gasteiger partial charge in [-0.15, -0.1) is 0 Å². The Morgan fingerprint density at radius 1 is 1.18 bits per heavy atom. The van der Waals surface area contributed by atoms with Gasteiger partial charge in [-0.05, 0) is 33.2 Å². The van der Waals surface area contributed by atoms with Gasteiger partial charge in [0.1, 0.15) is 0 Å². The van der Waals surface area contributed by atoms with Crippen LogP contribution in [0.3, 0.4) is 0 Å². The van der Waals surface area contributed by atoms with Crippen molar-refractivity contribution < 1.29 is 14.3 Å². The fraction of sp³-hybridized carbons (Fsp3) is 0.500. The molecule has 6 heteroatoms. The van der Waals surface area contributed by atoms with E-state index in [0.29, 0.717) is 37.4 Å². The van der Waals surface area contributed by atoms with Gasteiger partial charge in [-0.2, -0.15) is 0 Å². The zero-order valence-electron chi connectivity index (χ0n) is 13.5. The summed E-state index contributed by atoms with van der Waals surface area (Å²) in [5, 5.41) is 5.96. The summed E-state index contributed by atoms with van der Waals surface area (Å²) in [6.07, 6.45) is 0.352. The lowest BCUT2D eigenvalue weighted by Crippen LogP contribution is -2.32. The van der Waals surface area contributed by atoms with Crippen LogP contribution in [-0.4, -0.2) is 57.1 Å². The molecule has 0 aliphatic carbocycles. The van der Waals surface area contributed by atoms with Crippen molar-refractivity contribution in [2.75, 3.05) is 45.7 Å². The lowest BCUT2D eigenvalue weighted by Gasteiger charge is -2.12. The van der Waals surface area contributed by atoms with Crippen LogP contribution in [0.1, 0.15) is 23.7 Å². The zero-order valence-corrected chi connectivity index (χ0v) is 13.5. The van der Waals surface area contributed by atoms with Crippen LogP contribution in [-0.2, 0) is 9.53 Å². The fourth-order valence-electron chi connectivity index (χ4n) is 1.84. The molecule has 0 aliphatic rings. The van der Waals surface area contributed by atoms with Crippen LogP contribution >= 0.6 is 0 Å². The molecule has 1 aromatic carbocycles. The van der Waals surface area contributed by atoms with Crippen molar-refractivity contribution in [1.82, 2.24) is 10.2 Å². The first-order valence-corrected chi connectivity index (χ1v) is 7.46. The molecule has 1 aromatic rings. The second kappa shape index (κ2) is 9.78. The maximum Gasteiger partial charge on any atom is 0.340 e. The maximum atomic E-state index is 11.8. The number of benzene rings is 1. The highest BCUT2D eigenvalue weighted by Crippen LogP contribution is 2.16. The average Bonchev–Trinajstić information content (AvgIpc) is 2.47. The number of likely N-dealkylation sites (N-methyl/N-ethyl adjacent to an activating group) is 1. The van der Waals surface area contributed by atoms with E-state index in [9.17, 15) is 9.59 Å². The Morgan fingerprint density at radius 2 is 1.91 bits per heavy atom. The molecule has 122 valence electrons. The van der Waals surface area contributed by atoms with Crippen LogP contribution in [0.2, 0.25) is 0 Å². The summed E-state index contributed by atoms with van der Waals surface area (Å²) in [7, 11) is 3.92. The van der Waals surface area contributed by atoms with E-state index in [1.807, 2.05) is 25.1 Å². The highest BCUT2D eigenvalue weighted by molar-refractivity contribution is 5.95. The molecule has 0 radical (unpaired) electrons. The van der Waals surface area contributed by atoms with Gasteiger partial charge in [0.15, 0.2) is 0 Å². The SMILES string of the molecule is CCOC(=O)c1ccccc1NCCC(=O)NCCN(C)C. The van der Waals surface area contributed by atoms with Crippen molar-refractivity contribution in [1.29, 1.82) is 0 Å². The van der Waals surface area contributed by atoms with Gasteiger partial charge in [0.05, 0.1) is 12.2 Å². The third-order valence-electron chi connectivity index (χ3n) is 2.97. The number of nitrogens with one attached hydrogen (secondary N) is 2. The van der Waals surface area contributed by atoms with Crippen LogP contribution in [0.15, 0.2) is 24.3 Å². The quantitative estimate of drug-likeness (QED) is 0.674. The van der Waals surface area contributed by atoms with Gasteiger partial charge in [-0.1, -0.05) is 12.1 Å². The molecule has 0 fully saturated rings. The first-order chi connectivity index (χ1) is 10.5. The minimum atomic E-state index is -0.360. The molecule has 0 heterocycles. The second-order valence-electron chi connectivity index (χ2n) is 5.10. The summed E-state index contributed by atoms with van der Waals surface area (Å²) >= 11 is 0. The van der Waals surface area contributed by atoms with Gasteiger partial charge in [0.25, 0.3) is 0 Å². The number of amides is 1. The number of carbonyl (C=O) groups is 2. The Morgan fingerprint density at radius 3 is 2.59 bits per heavy atom. The van der Waals surface area contributed by atoms with E-state index in [-0.39, 0.29) is 11.9 Å². The van der Waals surface area contributed by atoms with Crippen molar-refractivity contribution in [3.63, 3.8) is 0 Å². The van der Waals surface area contributed by atoms with Crippen LogP contribution in [0, 0.1) is 0 Å². The van der Waals surface area contributed by atoms with Crippen LogP contribution in [0.5, 0.6) is 0 Å². The number of ether oxygens (including phenoxy) is 1. The number of para-hydroxylation sites is 1. The number of nitrogens with zero attached hydrogens (tertiary/aromatic N) is 1. The third kappa shape index (κ3) is 6.58. The molecule has 2 N–H and O–H groups in total. The van der Waals surface area contributed by atoms with Crippen LogP contribution < -0.4 is 10.6 Å². The predicted octanol–water partition coefficient (Wildman–Crippen LogP) is 1.34. The van der Waals surface area contributed by atoms with E-state index in [1.54, 1.807) is 25.1 Å². The van der Waals surface area contributed by atoms with Crippen LogP contribution in [0.4, 0.5) is 5.69 Å². The highest BCUT2D eigenvalue weighted by Gasteiger charge is 2.11. The summed E-state index contributed by atoms with van der Waals surface area (Å²) in [6, 6.07) is 7.13. The lowest BCUT2D eigenvalue weighted by molar-refractivity contribution is -0.120. The molecule has 0 saturated heterocycles. The van der Waals surface area contributed by atoms with Crippen molar-refractivity contribution in [2.45, 2.75) is 13.3 Å². The molecule has 0 spiro atoms. The van der Waals surface area contributed by atoms with E-state index >= 15 is 0 Å². The van der Waals surface area contributed by atoms with Gasteiger partial charge in [0, 0.05) is 31.7 Å². The first kappa shape index (κ1) is 18.0. The molecular weight excluding hydrogens is 282 g/mol. The number of hydrogen-bond acceptors (Lipinski definition) is 5. The highest BCUT2D eigenvalue weighted by atomic mass is 16.5. The Labute approximate surface area is 131 Å². The number of esters is 1. The Balaban J connectivity index is 2.41. The van der Waals surface area contributed by atoms with E-state index in [2.05, 4.69) is 10.6 Å². The van der Waals surface area contributed by atoms with E-state index in [0.717, 1.165) is 6.54 Å². The number of anilines is 1. The van der Waals surface area contributed by atoms with Crippen molar-refractivity contribution in [3.05, 3.63) is 29.8 Å². The maximum absolute atomic E-state index is 11.8. The van der Waals surface area contributed by atoms with E-state index < -0.39 is 0 Å². The van der Waals surface area contributed by atoms with Crippen molar-refractivity contribution in [3.8, 4) is 0 Å². The minimum absolute atomic E-state index is 0.0111. The standard InChI is InChI=1S/C16H25N3O3/c1-4-22-16(21)13-7-5-6-8-14(13)17-10-9-15(20)18-11-12-19(2)3/h5-8,17H,4,9-12H2,1-3H3,(H,18,20). The molecule has 22 heavy (non-hydrogen) atoms. The minimum Gasteiger partial charge on any atom is -0.462 e. The lowest BCUT2D eigenvalue weighted by atomic mass is 10.1. The predicted molar refractivity (Wildman–Crippen MR) is 87.1 cm³/mol. The normalized spacial score (nSPS) is 10.4. The largest absolute Gasteiger partial charge is 0.462 e. The average molecular weight is 307 g/mol.